The number of hydrogen-bond donors (Lipinski definition) is 1. The topological polar surface area (TPSA) is 32.7 Å². The first-order valence-electron chi connectivity index (χ1n) is 9.18. The van der Waals surface area contributed by atoms with Crippen molar-refractivity contribution < 1.29 is 9.84 Å². The maximum atomic E-state index is 11.6. The van der Waals surface area contributed by atoms with Crippen LogP contribution in [0.3, 0.4) is 0 Å². The van der Waals surface area contributed by atoms with Crippen molar-refractivity contribution in [3.8, 4) is 5.75 Å². The van der Waals surface area contributed by atoms with Crippen molar-refractivity contribution in [2.75, 3.05) is 25.6 Å². The van der Waals surface area contributed by atoms with Crippen LogP contribution in [-0.4, -0.2) is 25.8 Å². The summed E-state index contributed by atoms with van der Waals surface area (Å²) in [7, 11) is 3.80. The summed E-state index contributed by atoms with van der Waals surface area (Å²) in [5, 5.41) is 11.6. The minimum Gasteiger partial charge on any atom is -0.497 e. The Morgan fingerprint density at radius 2 is 1.96 bits per heavy atom. The van der Waals surface area contributed by atoms with Gasteiger partial charge in [-0.2, -0.15) is 0 Å². The predicted octanol–water partition coefficient (Wildman–Crippen LogP) is 4.52. The summed E-state index contributed by atoms with van der Waals surface area (Å²) in [5.41, 5.74) is 2.70. The van der Waals surface area contributed by atoms with E-state index in [0.717, 1.165) is 37.1 Å². The van der Waals surface area contributed by atoms with Crippen molar-refractivity contribution in [3.05, 3.63) is 59.7 Å². The lowest BCUT2D eigenvalue weighted by atomic mass is 9.71. The molecule has 1 fully saturated rings. The average Bonchev–Trinajstić information content (AvgIpc) is 2.64. The molecule has 0 saturated heterocycles. The summed E-state index contributed by atoms with van der Waals surface area (Å²) in [6.07, 6.45) is 4.10. The number of anilines is 1. The smallest absolute Gasteiger partial charge is 0.119 e. The zero-order valence-corrected chi connectivity index (χ0v) is 15.5. The van der Waals surface area contributed by atoms with Gasteiger partial charge in [0.1, 0.15) is 5.75 Å². The summed E-state index contributed by atoms with van der Waals surface area (Å²) in [6, 6.07) is 16.4. The zero-order chi connectivity index (χ0) is 17.9. The van der Waals surface area contributed by atoms with Crippen molar-refractivity contribution >= 4 is 5.69 Å². The highest BCUT2D eigenvalue weighted by molar-refractivity contribution is 5.52. The molecule has 3 rings (SSSR count). The van der Waals surface area contributed by atoms with Crippen molar-refractivity contribution in [2.24, 2.45) is 5.92 Å². The molecule has 0 aliphatic heterocycles. The Labute approximate surface area is 151 Å². The Morgan fingerprint density at radius 1 is 1.16 bits per heavy atom. The van der Waals surface area contributed by atoms with Crippen molar-refractivity contribution in [1.29, 1.82) is 0 Å². The molecular formula is C22H29NO2. The third kappa shape index (κ3) is 3.67. The Bertz CT molecular complexity index is 715. The first-order valence-corrected chi connectivity index (χ1v) is 9.18. The molecule has 0 heterocycles. The Kier molecular flexibility index (Phi) is 5.33. The monoisotopic (exact) mass is 339 g/mol. The van der Waals surface area contributed by atoms with Crippen LogP contribution in [0, 0.1) is 12.8 Å². The molecule has 0 unspecified atom stereocenters. The number of aliphatic hydroxyl groups is 1. The van der Waals surface area contributed by atoms with Gasteiger partial charge in [0.2, 0.25) is 0 Å². The normalized spacial score (nSPS) is 23.3. The third-order valence-electron chi connectivity index (χ3n) is 5.63. The minimum atomic E-state index is -0.788. The maximum absolute atomic E-state index is 11.6. The average molecular weight is 339 g/mol. The van der Waals surface area contributed by atoms with Gasteiger partial charge in [0.25, 0.3) is 0 Å². The zero-order valence-electron chi connectivity index (χ0n) is 15.5. The summed E-state index contributed by atoms with van der Waals surface area (Å²) in [6.45, 7) is 2.99. The Hall–Kier alpha value is -2.00. The molecule has 2 aromatic rings. The van der Waals surface area contributed by atoms with Crippen molar-refractivity contribution in [1.82, 2.24) is 0 Å². The standard InChI is InChI=1S/C22H29NO2/c1-17-9-4-5-13-21(17)23(2)16-19-10-6-7-14-22(19,24)18-11-8-12-20(15-18)25-3/h4-5,8-9,11-13,15,19,24H,6-7,10,14,16H2,1-3H3/t19-,22-/m0/s1. The van der Waals surface area contributed by atoms with Crippen molar-refractivity contribution in [2.45, 2.75) is 38.2 Å². The first-order chi connectivity index (χ1) is 12.0. The van der Waals surface area contributed by atoms with E-state index in [4.69, 9.17) is 4.74 Å². The van der Waals surface area contributed by atoms with Gasteiger partial charge in [0.05, 0.1) is 12.7 Å². The van der Waals surface area contributed by atoms with Crippen LogP contribution in [-0.2, 0) is 5.60 Å². The van der Waals surface area contributed by atoms with Gasteiger partial charge in [-0.05, 0) is 49.1 Å². The van der Waals surface area contributed by atoms with E-state index in [2.05, 4.69) is 43.1 Å². The van der Waals surface area contributed by atoms with Crippen LogP contribution in [0.25, 0.3) is 0 Å². The number of ether oxygens (including phenoxy) is 1. The van der Waals surface area contributed by atoms with Crippen LogP contribution in [0.15, 0.2) is 48.5 Å². The quantitative estimate of drug-likeness (QED) is 0.869. The second-order valence-corrected chi connectivity index (χ2v) is 7.27. The molecule has 1 aliphatic carbocycles. The number of methoxy groups -OCH3 is 1. The largest absolute Gasteiger partial charge is 0.497 e. The molecule has 0 amide bonds. The predicted molar refractivity (Wildman–Crippen MR) is 103 cm³/mol. The third-order valence-corrected chi connectivity index (χ3v) is 5.63. The highest BCUT2D eigenvalue weighted by atomic mass is 16.5. The second-order valence-electron chi connectivity index (χ2n) is 7.27. The molecule has 0 spiro atoms. The van der Waals surface area contributed by atoms with E-state index in [1.807, 2.05) is 24.3 Å². The summed E-state index contributed by atoms with van der Waals surface area (Å²) in [5.74, 6) is 1.01. The molecule has 1 aliphatic rings. The lowest BCUT2D eigenvalue weighted by Crippen LogP contribution is -2.44. The van der Waals surface area contributed by atoms with E-state index in [-0.39, 0.29) is 5.92 Å². The van der Waals surface area contributed by atoms with Gasteiger partial charge in [0, 0.05) is 25.2 Å². The molecule has 134 valence electrons. The molecule has 0 bridgehead atoms. The molecule has 0 radical (unpaired) electrons. The van der Waals surface area contributed by atoms with Gasteiger partial charge in [-0.3, -0.25) is 0 Å². The number of para-hydroxylation sites is 1. The number of nitrogens with zero attached hydrogens (tertiary/aromatic N) is 1. The van der Waals surface area contributed by atoms with Gasteiger partial charge in [-0.1, -0.05) is 43.2 Å². The number of hydrogen-bond acceptors (Lipinski definition) is 3. The fourth-order valence-corrected chi connectivity index (χ4v) is 4.16. The highest BCUT2D eigenvalue weighted by Crippen LogP contribution is 2.43. The van der Waals surface area contributed by atoms with Gasteiger partial charge in [0.15, 0.2) is 0 Å². The van der Waals surface area contributed by atoms with Gasteiger partial charge < -0.3 is 14.7 Å². The minimum absolute atomic E-state index is 0.206. The summed E-state index contributed by atoms with van der Waals surface area (Å²) < 4.78 is 5.37. The van der Waals surface area contributed by atoms with Crippen LogP contribution in [0.1, 0.15) is 36.8 Å². The van der Waals surface area contributed by atoms with E-state index in [1.54, 1.807) is 7.11 Å². The Morgan fingerprint density at radius 3 is 2.72 bits per heavy atom. The molecule has 2 aromatic carbocycles. The number of aryl methyl sites for hydroxylation is 1. The highest BCUT2D eigenvalue weighted by Gasteiger charge is 2.41. The van der Waals surface area contributed by atoms with Crippen LogP contribution in [0.2, 0.25) is 0 Å². The van der Waals surface area contributed by atoms with Crippen LogP contribution in [0.4, 0.5) is 5.69 Å². The van der Waals surface area contributed by atoms with Gasteiger partial charge in [-0.15, -0.1) is 0 Å². The van der Waals surface area contributed by atoms with E-state index < -0.39 is 5.60 Å². The molecule has 1 N–H and O–H groups in total. The van der Waals surface area contributed by atoms with Crippen LogP contribution < -0.4 is 9.64 Å². The van der Waals surface area contributed by atoms with Crippen LogP contribution >= 0.6 is 0 Å². The van der Waals surface area contributed by atoms with Gasteiger partial charge in [-0.25, -0.2) is 0 Å². The molecule has 3 nitrogen and oxygen atoms in total. The molecule has 25 heavy (non-hydrogen) atoms. The van der Waals surface area contributed by atoms with E-state index in [0.29, 0.717) is 0 Å². The first kappa shape index (κ1) is 17.8. The SMILES string of the molecule is COc1cccc([C@@]2(O)CCCC[C@H]2CN(C)c2ccccc2C)c1. The van der Waals surface area contributed by atoms with E-state index in [9.17, 15) is 5.11 Å². The van der Waals surface area contributed by atoms with E-state index >= 15 is 0 Å². The lowest BCUT2D eigenvalue weighted by molar-refractivity contribution is -0.0510. The fraction of sp³-hybridized carbons (Fsp3) is 0.455. The fourth-order valence-electron chi connectivity index (χ4n) is 4.16. The van der Waals surface area contributed by atoms with Crippen LogP contribution in [0.5, 0.6) is 5.75 Å². The summed E-state index contributed by atoms with van der Waals surface area (Å²) in [4.78, 5) is 2.29. The molecular weight excluding hydrogens is 310 g/mol. The number of benzene rings is 2. The maximum Gasteiger partial charge on any atom is 0.119 e. The Balaban J connectivity index is 1.86. The number of rotatable bonds is 5. The van der Waals surface area contributed by atoms with Crippen molar-refractivity contribution in [3.63, 3.8) is 0 Å². The molecule has 2 atom stereocenters. The van der Waals surface area contributed by atoms with E-state index in [1.165, 1.54) is 17.7 Å². The molecule has 1 saturated carbocycles. The lowest BCUT2D eigenvalue weighted by Gasteiger charge is -2.42. The molecule has 0 aromatic heterocycles. The molecule has 3 heteroatoms. The summed E-state index contributed by atoms with van der Waals surface area (Å²) >= 11 is 0. The van der Waals surface area contributed by atoms with Gasteiger partial charge >= 0.3 is 0 Å². The second kappa shape index (κ2) is 7.49.